The van der Waals surface area contributed by atoms with Crippen molar-refractivity contribution in [1.82, 2.24) is 4.98 Å². The molecule has 0 aliphatic carbocycles. The van der Waals surface area contributed by atoms with Crippen molar-refractivity contribution in [2.24, 2.45) is 0 Å². The van der Waals surface area contributed by atoms with Crippen LogP contribution in [-0.4, -0.2) is 4.98 Å². The molecule has 2 aromatic heterocycles. The van der Waals surface area contributed by atoms with E-state index in [0.29, 0.717) is 5.89 Å². The largest absolute Gasteiger partial charge is 0.456 e. The molecule has 0 aliphatic rings. The molecule has 11 aromatic rings. The van der Waals surface area contributed by atoms with E-state index in [0.717, 1.165) is 66.8 Å². The fourth-order valence-corrected chi connectivity index (χ4v) is 8.07. The molecule has 2 heterocycles. The molecule has 0 radical (unpaired) electrons. The molecule has 0 bridgehead atoms. The predicted molar refractivity (Wildman–Crippen MR) is 227 cm³/mol. The lowest BCUT2D eigenvalue weighted by Gasteiger charge is -2.28. The molecule has 4 heteroatoms. The quantitative estimate of drug-likeness (QED) is 0.162. The zero-order valence-corrected chi connectivity index (χ0v) is 29.7. The van der Waals surface area contributed by atoms with Gasteiger partial charge < -0.3 is 13.7 Å². The van der Waals surface area contributed by atoms with Crippen molar-refractivity contribution < 1.29 is 8.83 Å². The molecule has 0 saturated heterocycles. The van der Waals surface area contributed by atoms with E-state index in [2.05, 4.69) is 157 Å². The zero-order chi connectivity index (χ0) is 36.3. The summed E-state index contributed by atoms with van der Waals surface area (Å²) >= 11 is 0. The Balaban J connectivity index is 1.06. The summed E-state index contributed by atoms with van der Waals surface area (Å²) in [4.78, 5) is 7.12. The van der Waals surface area contributed by atoms with Gasteiger partial charge >= 0.3 is 0 Å². The molecule has 0 aliphatic heterocycles. The Morgan fingerprint density at radius 1 is 0.364 bits per heavy atom. The van der Waals surface area contributed by atoms with Crippen molar-refractivity contribution in [3.05, 3.63) is 194 Å². The number of anilines is 3. The van der Waals surface area contributed by atoms with Crippen molar-refractivity contribution >= 4 is 71.6 Å². The maximum Gasteiger partial charge on any atom is 0.227 e. The Bertz CT molecular complexity index is 3200. The van der Waals surface area contributed by atoms with E-state index in [9.17, 15) is 0 Å². The average molecular weight is 705 g/mol. The van der Waals surface area contributed by atoms with Gasteiger partial charge in [0.2, 0.25) is 5.89 Å². The number of hydrogen-bond donors (Lipinski definition) is 0. The van der Waals surface area contributed by atoms with Crippen LogP contribution in [0.5, 0.6) is 0 Å². The molecule has 0 atom stereocenters. The van der Waals surface area contributed by atoms with E-state index in [-0.39, 0.29) is 0 Å². The van der Waals surface area contributed by atoms with Crippen molar-refractivity contribution in [2.75, 3.05) is 4.90 Å². The van der Waals surface area contributed by atoms with Gasteiger partial charge in [-0.3, -0.25) is 0 Å². The Kier molecular flexibility index (Phi) is 7.14. The molecule has 0 amide bonds. The highest BCUT2D eigenvalue weighted by Gasteiger charge is 2.20. The lowest BCUT2D eigenvalue weighted by molar-refractivity contribution is 0.620. The molecule has 258 valence electrons. The van der Waals surface area contributed by atoms with Crippen LogP contribution in [0.4, 0.5) is 17.1 Å². The van der Waals surface area contributed by atoms with Gasteiger partial charge in [-0.2, -0.15) is 0 Å². The second kappa shape index (κ2) is 12.6. The van der Waals surface area contributed by atoms with Gasteiger partial charge in [-0.1, -0.05) is 127 Å². The first-order valence-corrected chi connectivity index (χ1v) is 18.5. The van der Waals surface area contributed by atoms with Crippen LogP contribution in [0.15, 0.2) is 203 Å². The highest BCUT2D eigenvalue weighted by molar-refractivity contribution is 6.14. The summed E-state index contributed by atoms with van der Waals surface area (Å²) in [5, 5.41) is 7.02. The number of oxazole rings is 1. The van der Waals surface area contributed by atoms with Crippen LogP contribution in [0.2, 0.25) is 0 Å². The summed E-state index contributed by atoms with van der Waals surface area (Å²) in [6.45, 7) is 0. The first kappa shape index (κ1) is 31.1. The number of hydrogen-bond acceptors (Lipinski definition) is 4. The summed E-state index contributed by atoms with van der Waals surface area (Å²) < 4.78 is 12.8. The fourth-order valence-electron chi connectivity index (χ4n) is 8.07. The molecule has 0 spiro atoms. The maximum absolute atomic E-state index is 6.60. The van der Waals surface area contributed by atoms with Crippen molar-refractivity contribution in [3.63, 3.8) is 0 Å². The van der Waals surface area contributed by atoms with E-state index in [1.807, 2.05) is 42.5 Å². The van der Waals surface area contributed by atoms with Gasteiger partial charge in [0.25, 0.3) is 0 Å². The third kappa shape index (κ3) is 5.26. The van der Waals surface area contributed by atoms with Gasteiger partial charge in [0.1, 0.15) is 16.7 Å². The van der Waals surface area contributed by atoms with Gasteiger partial charge in [0, 0.05) is 45.4 Å². The molecule has 55 heavy (non-hydrogen) atoms. The predicted octanol–water partition coefficient (Wildman–Crippen LogP) is 14.5. The lowest BCUT2D eigenvalue weighted by atomic mass is 9.93. The molecular weight excluding hydrogens is 673 g/mol. The molecule has 9 aromatic carbocycles. The van der Waals surface area contributed by atoms with Crippen LogP contribution in [0.1, 0.15) is 0 Å². The second-order valence-corrected chi connectivity index (χ2v) is 13.9. The number of benzene rings is 9. The van der Waals surface area contributed by atoms with Gasteiger partial charge in [-0.15, -0.1) is 0 Å². The Morgan fingerprint density at radius 3 is 1.82 bits per heavy atom. The van der Waals surface area contributed by atoms with Crippen LogP contribution < -0.4 is 4.90 Å². The van der Waals surface area contributed by atoms with Gasteiger partial charge in [-0.05, 0) is 92.8 Å². The number of fused-ring (bicyclic) bond motifs is 7. The smallest absolute Gasteiger partial charge is 0.227 e. The monoisotopic (exact) mass is 704 g/mol. The Hall–Kier alpha value is -7.43. The third-order valence-electron chi connectivity index (χ3n) is 10.7. The maximum atomic E-state index is 6.60. The first-order valence-electron chi connectivity index (χ1n) is 18.5. The molecule has 0 unspecified atom stereocenters. The van der Waals surface area contributed by atoms with Crippen LogP contribution in [0.3, 0.4) is 0 Å². The molecule has 11 rings (SSSR count). The Morgan fingerprint density at radius 2 is 1.00 bits per heavy atom. The summed E-state index contributed by atoms with van der Waals surface area (Å²) in [6.07, 6.45) is 0. The zero-order valence-electron chi connectivity index (χ0n) is 29.7. The van der Waals surface area contributed by atoms with E-state index in [4.69, 9.17) is 13.8 Å². The topological polar surface area (TPSA) is 42.4 Å². The second-order valence-electron chi connectivity index (χ2n) is 13.9. The Labute approximate surface area is 317 Å². The molecule has 0 fully saturated rings. The number of nitrogens with zero attached hydrogens (tertiary/aromatic N) is 2. The standard InChI is InChI=1S/C51H32N2O2/c1-3-13-33(14-4-1)40-19-11-12-22-47(40)53(37-25-23-34(24-26-37)44-29-36-17-7-8-18-39(36)41-20-9-10-21-42(41)44)38-27-28-43-45-31-50-46(32-49(45)54-48(43)30-38)52-51(55-50)35-15-5-2-6-16-35/h1-32H. The minimum atomic E-state index is 0.599. The number of aromatic nitrogens is 1. The van der Waals surface area contributed by atoms with Crippen LogP contribution in [0.25, 0.3) is 88.3 Å². The van der Waals surface area contributed by atoms with E-state index in [1.165, 1.54) is 32.7 Å². The van der Waals surface area contributed by atoms with Gasteiger partial charge in [-0.25, -0.2) is 4.98 Å². The minimum absolute atomic E-state index is 0.599. The van der Waals surface area contributed by atoms with E-state index >= 15 is 0 Å². The van der Waals surface area contributed by atoms with Crippen LogP contribution in [0, 0.1) is 0 Å². The van der Waals surface area contributed by atoms with Gasteiger partial charge in [0.05, 0.1) is 5.69 Å². The number of rotatable bonds is 6. The highest BCUT2D eigenvalue weighted by atomic mass is 16.4. The molecule has 4 nitrogen and oxygen atoms in total. The molecule has 0 N–H and O–H groups in total. The van der Waals surface area contributed by atoms with Crippen LogP contribution in [-0.2, 0) is 0 Å². The SMILES string of the molecule is c1ccc(-c2nc3cc4oc5cc(N(c6ccc(-c7cc8ccccc8c8ccccc78)cc6)c6ccccc6-c6ccccc6)ccc5c4cc3o2)cc1. The van der Waals surface area contributed by atoms with Crippen molar-refractivity contribution in [2.45, 2.75) is 0 Å². The molecular formula is C51H32N2O2. The lowest BCUT2D eigenvalue weighted by Crippen LogP contribution is -2.11. The number of furan rings is 1. The molecule has 0 saturated carbocycles. The number of para-hydroxylation sites is 1. The van der Waals surface area contributed by atoms with E-state index in [1.54, 1.807) is 0 Å². The van der Waals surface area contributed by atoms with E-state index < -0.39 is 0 Å². The summed E-state index contributed by atoms with van der Waals surface area (Å²) in [7, 11) is 0. The normalized spacial score (nSPS) is 11.6. The minimum Gasteiger partial charge on any atom is -0.456 e. The average Bonchev–Trinajstić information content (AvgIpc) is 3.84. The van der Waals surface area contributed by atoms with Crippen molar-refractivity contribution in [3.8, 4) is 33.7 Å². The summed E-state index contributed by atoms with van der Waals surface area (Å²) in [6, 6.07) is 68.3. The summed E-state index contributed by atoms with van der Waals surface area (Å²) in [5.74, 6) is 0.599. The summed E-state index contributed by atoms with van der Waals surface area (Å²) in [5.41, 5.74) is 11.8. The first-order chi connectivity index (χ1) is 27.2. The van der Waals surface area contributed by atoms with Gasteiger partial charge in [0.15, 0.2) is 5.58 Å². The third-order valence-corrected chi connectivity index (χ3v) is 10.7. The highest BCUT2D eigenvalue weighted by Crippen LogP contribution is 2.44. The fraction of sp³-hybridized carbons (Fsp3) is 0. The van der Waals surface area contributed by atoms with Crippen LogP contribution >= 0.6 is 0 Å². The van der Waals surface area contributed by atoms with Crippen molar-refractivity contribution in [1.29, 1.82) is 0 Å².